The molecule has 122 valence electrons. The Morgan fingerprint density at radius 2 is 1.76 bits per heavy atom. The Labute approximate surface area is 125 Å². The summed E-state index contributed by atoms with van der Waals surface area (Å²) in [7, 11) is 1.38. The fourth-order valence-corrected chi connectivity index (χ4v) is 3.34. The number of ether oxygens (including phenoxy) is 1. The number of hydrogen-bond acceptors (Lipinski definition) is 5. The van der Waals surface area contributed by atoms with Gasteiger partial charge in [-0.2, -0.15) is 0 Å². The summed E-state index contributed by atoms with van der Waals surface area (Å²) >= 11 is 0. The predicted molar refractivity (Wildman–Crippen MR) is 76.9 cm³/mol. The first-order valence-electron chi connectivity index (χ1n) is 6.80. The lowest BCUT2D eigenvalue weighted by atomic mass is 9.72. The third-order valence-corrected chi connectivity index (χ3v) is 3.29. The molecule has 1 aliphatic rings. The van der Waals surface area contributed by atoms with E-state index in [-0.39, 0.29) is 19.6 Å². The summed E-state index contributed by atoms with van der Waals surface area (Å²) in [5, 5.41) is 15.1. The predicted octanol–water partition coefficient (Wildman–Crippen LogP) is -0.326. The number of carbonyl (C=O) groups excluding carboxylic acids is 2. The Morgan fingerprint density at radius 3 is 2.14 bits per heavy atom. The van der Waals surface area contributed by atoms with Gasteiger partial charge < -0.3 is 20.9 Å². The molecule has 8 heteroatoms. The molecule has 5 N–H and O–H groups in total. The molecule has 3 amide bonds. The first-order valence-corrected chi connectivity index (χ1v) is 6.80. The second kappa shape index (κ2) is 5.78. The molecule has 0 aliphatic carbocycles. The number of nitrogens with zero attached hydrogens (tertiary/aromatic N) is 1. The highest BCUT2D eigenvalue weighted by Crippen LogP contribution is 2.36. The quantitative estimate of drug-likeness (QED) is 0.421. The van der Waals surface area contributed by atoms with Crippen molar-refractivity contribution >= 4 is 11.9 Å². The molecule has 21 heavy (non-hydrogen) atoms. The molecule has 1 saturated heterocycles. The maximum absolute atomic E-state index is 12.6. The molecule has 0 aromatic carbocycles. The van der Waals surface area contributed by atoms with E-state index in [9.17, 15) is 14.7 Å². The number of urea groups is 1. The van der Waals surface area contributed by atoms with Crippen LogP contribution in [0.2, 0.25) is 0 Å². The topological polar surface area (TPSA) is 117 Å². The molecule has 0 bridgehead atoms. The average molecular weight is 302 g/mol. The molecule has 0 aromatic rings. The molecule has 0 radical (unpaired) electrons. The Morgan fingerprint density at radius 1 is 1.29 bits per heavy atom. The van der Waals surface area contributed by atoms with Crippen molar-refractivity contribution in [1.29, 1.82) is 0 Å². The van der Waals surface area contributed by atoms with Crippen LogP contribution < -0.4 is 16.5 Å². The van der Waals surface area contributed by atoms with Crippen LogP contribution in [0.4, 0.5) is 4.79 Å². The lowest BCUT2D eigenvalue weighted by Crippen LogP contribution is -2.68. The van der Waals surface area contributed by atoms with Crippen LogP contribution in [0.15, 0.2) is 0 Å². The fourth-order valence-electron chi connectivity index (χ4n) is 3.34. The summed E-state index contributed by atoms with van der Waals surface area (Å²) in [5.74, 6) is -0.634. The van der Waals surface area contributed by atoms with Crippen molar-refractivity contribution in [3.63, 3.8) is 0 Å². The summed E-state index contributed by atoms with van der Waals surface area (Å²) in [5.41, 5.74) is 4.74. The van der Waals surface area contributed by atoms with Gasteiger partial charge in [0.2, 0.25) is 0 Å². The molecule has 1 heterocycles. The van der Waals surface area contributed by atoms with Gasteiger partial charge in [0.1, 0.15) is 12.3 Å². The number of piperidine rings is 1. The van der Waals surface area contributed by atoms with Crippen molar-refractivity contribution in [3.05, 3.63) is 0 Å². The smallest absolute Gasteiger partial charge is 0.331 e. The maximum atomic E-state index is 12.6. The number of aliphatic hydroxyl groups is 1. The second-order valence-electron chi connectivity index (χ2n) is 6.90. The Kier molecular flexibility index (Phi) is 4.87. The van der Waals surface area contributed by atoms with Crippen LogP contribution in [0.5, 0.6) is 0 Å². The minimum absolute atomic E-state index is 0.196. The number of carbonyl (C=O) groups is 2. The fraction of sp³-hybridized carbons (Fsp3) is 0.846. The number of hydrogen-bond donors (Lipinski definition) is 4. The van der Waals surface area contributed by atoms with E-state index in [2.05, 4.69) is 10.7 Å². The summed E-state index contributed by atoms with van der Waals surface area (Å²) in [4.78, 5) is 23.6. The Bertz CT molecular complexity index is 406. The van der Waals surface area contributed by atoms with Gasteiger partial charge in [-0.15, -0.1) is 0 Å². The van der Waals surface area contributed by atoms with Crippen molar-refractivity contribution in [1.82, 2.24) is 15.8 Å². The number of nitrogens with one attached hydrogen (secondary N) is 2. The lowest BCUT2D eigenvalue weighted by Gasteiger charge is -2.50. The van der Waals surface area contributed by atoms with Crippen molar-refractivity contribution < 1.29 is 19.4 Å². The van der Waals surface area contributed by atoms with E-state index in [0.29, 0.717) is 0 Å². The third kappa shape index (κ3) is 4.55. The molecule has 0 aromatic heterocycles. The monoisotopic (exact) mass is 302 g/mol. The molecule has 0 unspecified atom stereocenters. The molecule has 0 saturated carbocycles. The first kappa shape index (κ1) is 17.7. The molecule has 0 atom stereocenters. The van der Waals surface area contributed by atoms with Crippen molar-refractivity contribution in [2.75, 3.05) is 13.8 Å². The molecule has 1 fully saturated rings. The minimum Gasteiger partial charge on any atom is -0.380 e. The van der Waals surface area contributed by atoms with Crippen molar-refractivity contribution in [2.45, 2.75) is 57.2 Å². The van der Waals surface area contributed by atoms with Gasteiger partial charge in [-0.1, -0.05) is 0 Å². The third-order valence-electron chi connectivity index (χ3n) is 3.29. The maximum Gasteiger partial charge on any atom is 0.331 e. The summed E-state index contributed by atoms with van der Waals surface area (Å²) in [6.07, 6.45) is 0.422. The van der Waals surface area contributed by atoms with Gasteiger partial charge in [0.25, 0.3) is 5.91 Å². The SMILES string of the molecule is COCN(NC(N)=O)C(=O)C1(O)CC(C)(C)NC(C)(C)C1. The van der Waals surface area contributed by atoms with Crippen LogP contribution in [0.25, 0.3) is 0 Å². The molecular formula is C13H26N4O4. The van der Waals surface area contributed by atoms with E-state index in [1.807, 2.05) is 27.7 Å². The van der Waals surface area contributed by atoms with Gasteiger partial charge in [0, 0.05) is 31.0 Å². The van der Waals surface area contributed by atoms with Gasteiger partial charge in [-0.3, -0.25) is 4.79 Å². The zero-order valence-electron chi connectivity index (χ0n) is 13.3. The zero-order chi connectivity index (χ0) is 16.5. The van der Waals surface area contributed by atoms with Crippen LogP contribution in [0.1, 0.15) is 40.5 Å². The molecule has 1 rings (SSSR count). The van der Waals surface area contributed by atoms with Crippen LogP contribution >= 0.6 is 0 Å². The van der Waals surface area contributed by atoms with Gasteiger partial charge in [0.05, 0.1) is 0 Å². The number of amides is 3. The van der Waals surface area contributed by atoms with Gasteiger partial charge in [0.15, 0.2) is 0 Å². The average Bonchev–Trinajstić information content (AvgIpc) is 2.21. The number of methoxy groups -OCH3 is 1. The van der Waals surface area contributed by atoms with E-state index in [0.717, 1.165) is 5.01 Å². The van der Waals surface area contributed by atoms with Crippen molar-refractivity contribution in [3.8, 4) is 0 Å². The van der Waals surface area contributed by atoms with Crippen molar-refractivity contribution in [2.24, 2.45) is 5.73 Å². The highest BCUT2D eigenvalue weighted by atomic mass is 16.5. The number of nitrogens with two attached hydrogens (primary N) is 1. The molecular weight excluding hydrogens is 276 g/mol. The summed E-state index contributed by atoms with van der Waals surface area (Å²) < 4.78 is 4.87. The highest BCUT2D eigenvalue weighted by molar-refractivity contribution is 5.87. The first-order chi connectivity index (χ1) is 9.41. The molecule has 1 aliphatic heterocycles. The highest BCUT2D eigenvalue weighted by Gasteiger charge is 2.52. The number of primary amides is 1. The number of hydrazine groups is 1. The van der Waals surface area contributed by atoms with E-state index in [4.69, 9.17) is 10.5 Å². The second-order valence-corrected chi connectivity index (χ2v) is 6.90. The number of rotatable bonds is 3. The van der Waals surface area contributed by atoms with Crippen LogP contribution in [-0.2, 0) is 9.53 Å². The largest absolute Gasteiger partial charge is 0.380 e. The van der Waals surface area contributed by atoms with Crippen LogP contribution in [0.3, 0.4) is 0 Å². The molecule has 0 spiro atoms. The van der Waals surface area contributed by atoms with Crippen LogP contribution in [0, 0.1) is 0 Å². The van der Waals surface area contributed by atoms with E-state index in [1.54, 1.807) is 0 Å². The Balaban J connectivity index is 3.03. The van der Waals surface area contributed by atoms with Gasteiger partial charge in [-0.25, -0.2) is 15.2 Å². The standard InChI is InChI=1S/C13H26N4O4/c1-11(2)6-13(20,7-12(3,4)16-11)9(18)17(8-21-5)15-10(14)19/h16,20H,6-8H2,1-5H3,(H3,14,15,19). The van der Waals surface area contributed by atoms with E-state index in [1.165, 1.54) is 7.11 Å². The lowest BCUT2D eigenvalue weighted by molar-refractivity contribution is -0.169. The normalized spacial score (nSPS) is 22.4. The summed E-state index contributed by atoms with van der Waals surface area (Å²) in [6.45, 7) is 7.45. The van der Waals surface area contributed by atoms with Gasteiger partial charge in [-0.05, 0) is 27.7 Å². The van der Waals surface area contributed by atoms with Crippen LogP contribution in [-0.4, -0.2) is 52.6 Å². The zero-order valence-corrected chi connectivity index (χ0v) is 13.3. The summed E-state index contributed by atoms with van der Waals surface area (Å²) in [6, 6.07) is -0.892. The van der Waals surface area contributed by atoms with Gasteiger partial charge >= 0.3 is 6.03 Å². The molecule has 8 nitrogen and oxygen atoms in total. The minimum atomic E-state index is -1.61. The Hall–Kier alpha value is -1.38. The van der Waals surface area contributed by atoms with E-state index >= 15 is 0 Å². The van der Waals surface area contributed by atoms with E-state index < -0.39 is 28.6 Å².